The molecule has 4 heteroatoms. The van der Waals surface area contributed by atoms with Crippen LogP contribution in [0.4, 0.5) is 0 Å². The van der Waals surface area contributed by atoms with Crippen molar-refractivity contribution in [1.29, 1.82) is 0 Å². The molecule has 4 nitrogen and oxygen atoms in total. The van der Waals surface area contributed by atoms with E-state index in [1.165, 1.54) is 25.7 Å². The number of ether oxygens (including phenoxy) is 2. The van der Waals surface area contributed by atoms with Gasteiger partial charge in [0.1, 0.15) is 0 Å². The number of nitrogens with one attached hydrogen (secondary N) is 1. The fraction of sp³-hybridized carbons (Fsp3) is 1.00. The zero-order valence-electron chi connectivity index (χ0n) is 11.3. The topological polar surface area (TPSA) is 56.5 Å². The maximum Gasteiger partial charge on any atom is 0.0576 e. The van der Waals surface area contributed by atoms with Crippen LogP contribution in [-0.2, 0) is 9.47 Å². The molecule has 3 atom stereocenters. The van der Waals surface area contributed by atoms with Crippen LogP contribution in [0, 0.1) is 5.92 Å². The van der Waals surface area contributed by atoms with E-state index in [0.29, 0.717) is 18.1 Å². The van der Waals surface area contributed by atoms with Gasteiger partial charge in [-0.25, -0.2) is 0 Å². The number of nitrogens with two attached hydrogens (primary N) is 1. The zero-order chi connectivity index (χ0) is 12.5. The molecule has 1 aliphatic rings. The highest BCUT2D eigenvalue weighted by atomic mass is 16.5. The van der Waals surface area contributed by atoms with Crippen LogP contribution in [0.25, 0.3) is 0 Å². The van der Waals surface area contributed by atoms with Crippen LogP contribution in [0.3, 0.4) is 0 Å². The molecule has 1 heterocycles. The lowest BCUT2D eigenvalue weighted by Gasteiger charge is -2.20. The second-order valence-electron chi connectivity index (χ2n) is 5.23. The summed E-state index contributed by atoms with van der Waals surface area (Å²) in [7, 11) is 1.75. The van der Waals surface area contributed by atoms with E-state index in [0.717, 1.165) is 26.1 Å². The Bertz CT molecular complexity index is 184. The van der Waals surface area contributed by atoms with Gasteiger partial charge in [0.25, 0.3) is 0 Å². The summed E-state index contributed by atoms with van der Waals surface area (Å²) in [5, 5.41) is 0. The molecule has 0 bridgehead atoms. The molecule has 0 amide bonds. The van der Waals surface area contributed by atoms with Crippen LogP contribution in [0.2, 0.25) is 0 Å². The second kappa shape index (κ2) is 8.86. The minimum atomic E-state index is 0.404. The monoisotopic (exact) mass is 244 g/mol. The summed E-state index contributed by atoms with van der Waals surface area (Å²) >= 11 is 0. The standard InChI is InChI=1S/C13H28N2O2/c1-11(10-16-2)9-12(15-14)5-3-6-13-7-4-8-17-13/h11-13,15H,3-10,14H2,1-2H3. The lowest BCUT2D eigenvalue weighted by molar-refractivity contribution is 0.100. The molecular weight excluding hydrogens is 216 g/mol. The molecule has 1 saturated heterocycles. The highest BCUT2D eigenvalue weighted by Crippen LogP contribution is 2.19. The van der Waals surface area contributed by atoms with Crippen LogP contribution in [0.15, 0.2) is 0 Å². The summed E-state index contributed by atoms with van der Waals surface area (Å²) in [5.41, 5.74) is 2.92. The molecule has 1 aliphatic heterocycles. The van der Waals surface area contributed by atoms with Gasteiger partial charge >= 0.3 is 0 Å². The van der Waals surface area contributed by atoms with E-state index in [9.17, 15) is 0 Å². The Balaban J connectivity index is 2.08. The summed E-state index contributed by atoms with van der Waals surface area (Å²) in [6.07, 6.45) is 7.55. The predicted molar refractivity (Wildman–Crippen MR) is 69.6 cm³/mol. The Hall–Kier alpha value is -0.160. The Morgan fingerprint density at radius 3 is 2.94 bits per heavy atom. The van der Waals surface area contributed by atoms with Crippen molar-refractivity contribution in [1.82, 2.24) is 5.43 Å². The zero-order valence-corrected chi connectivity index (χ0v) is 11.3. The predicted octanol–water partition coefficient (Wildman–Crippen LogP) is 1.84. The number of hydrogen-bond donors (Lipinski definition) is 2. The van der Waals surface area contributed by atoms with E-state index < -0.39 is 0 Å². The second-order valence-corrected chi connectivity index (χ2v) is 5.23. The highest BCUT2D eigenvalue weighted by molar-refractivity contribution is 4.70. The molecule has 0 spiro atoms. The van der Waals surface area contributed by atoms with E-state index in [2.05, 4.69) is 12.3 Å². The average Bonchev–Trinajstić information content (AvgIpc) is 2.81. The lowest BCUT2D eigenvalue weighted by Crippen LogP contribution is -2.37. The maximum atomic E-state index is 5.62. The van der Waals surface area contributed by atoms with Crippen molar-refractivity contribution in [3.63, 3.8) is 0 Å². The van der Waals surface area contributed by atoms with Gasteiger partial charge in [0.15, 0.2) is 0 Å². The summed E-state index contributed by atoms with van der Waals surface area (Å²) in [6.45, 7) is 3.96. The lowest BCUT2D eigenvalue weighted by atomic mass is 9.97. The molecule has 17 heavy (non-hydrogen) atoms. The SMILES string of the molecule is COCC(C)CC(CCCC1CCCO1)NN. The van der Waals surface area contributed by atoms with Gasteiger partial charge in [-0.05, 0) is 44.4 Å². The third-order valence-electron chi connectivity index (χ3n) is 3.48. The third-order valence-corrected chi connectivity index (χ3v) is 3.48. The fourth-order valence-electron chi connectivity index (χ4n) is 2.57. The molecule has 1 fully saturated rings. The number of methoxy groups -OCH3 is 1. The molecule has 102 valence electrons. The first-order valence-electron chi connectivity index (χ1n) is 6.83. The smallest absolute Gasteiger partial charge is 0.0576 e. The van der Waals surface area contributed by atoms with E-state index in [1.54, 1.807) is 7.11 Å². The molecule has 0 aromatic carbocycles. The van der Waals surface area contributed by atoms with Crippen LogP contribution in [-0.4, -0.2) is 32.5 Å². The largest absolute Gasteiger partial charge is 0.384 e. The number of rotatable bonds is 9. The van der Waals surface area contributed by atoms with Crippen molar-refractivity contribution < 1.29 is 9.47 Å². The van der Waals surface area contributed by atoms with Gasteiger partial charge in [-0.1, -0.05) is 6.92 Å². The van der Waals surface area contributed by atoms with Crippen LogP contribution < -0.4 is 11.3 Å². The van der Waals surface area contributed by atoms with Gasteiger partial charge < -0.3 is 9.47 Å². The molecule has 3 N–H and O–H groups in total. The summed E-state index contributed by atoms with van der Waals surface area (Å²) < 4.78 is 10.8. The number of hydrazine groups is 1. The van der Waals surface area contributed by atoms with Gasteiger partial charge in [-0.2, -0.15) is 0 Å². The van der Waals surface area contributed by atoms with Gasteiger partial charge in [0.2, 0.25) is 0 Å². The van der Waals surface area contributed by atoms with E-state index in [4.69, 9.17) is 15.3 Å². The van der Waals surface area contributed by atoms with Crippen LogP contribution in [0.1, 0.15) is 45.4 Å². The summed E-state index contributed by atoms with van der Waals surface area (Å²) in [6, 6.07) is 0.404. The van der Waals surface area contributed by atoms with Crippen LogP contribution >= 0.6 is 0 Å². The Morgan fingerprint density at radius 2 is 2.35 bits per heavy atom. The molecule has 0 aliphatic carbocycles. The molecule has 0 radical (unpaired) electrons. The molecule has 0 aromatic heterocycles. The summed E-state index contributed by atoms with van der Waals surface area (Å²) in [4.78, 5) is 0. The minimum absolute atomic E-state index is 0.404. The molecule has 3 unspecified atom stereocenters. The molecule has 1 rings (SSSR count). The van der Waals surface area contributed by atoms with E-state index >= 15 is 0 Å². The third kappa shape index (κ3) is 6.36. The molecule has 0 saturated carbocycles. The Labute approximate surface area is 105 Å². The number of hydrogen-bond acceptors (Lipinski definition) is 4. The first-order valence-corrected chi connectivity index (χ1v) is 6.83. The van der Waals surface area contributed by atoms with Crippen molar-refractivity contribution in [2.24, 2.45) is 11.8 Å². The normalized spacial score (nSPS) is 23.8. The van der Waals surface area contributed by atoms with Gasteiger partial charge in [-0.3, -0.25) is 11.3 Å². The van der Waals surface area contributed by atoms with Crippen molar-refractivity contribution in [3.8, 4) is 0 Å². The van der Waals surface area contributed by atoms with Crippen molar-refractivity contribution in [3.05, 3.63) is 0 Å². The maximum absolute atomic E-state index is 5.62. The van der Waals surface area contributed by atoms with Gasteiger partial charge in [0, 0.05) is 26.4 Å². The van der Waals surface area contributed by atoms with Crippen LogP contribution in [0.5, 0.6) is 0 Å². The van der Waals surface area contributed by atoms with E-state index in [1.807, 2.05) is 0 Å². The molecular formula is C13H28N2O2. The van der Waals surface area contributed by atoms with Crippen molar-refractivity contribution in [2.45, 2.75) is 57.6 Å². The minimum Gasteiger partial charge on any atom is -0.384 e. The Morgan fingerprint density at radius 1 is 1.53 bits per heavy atom. The first kappa shape index (κ1) is 14.9. The van der Waals surface area contributed by atoms with E-state index in [-0.39, 0.29) is 0 Å². The highest BCUT2D eigenvalue weighted by Gasteiger charge is 2.16. The average molecular weight is 244 g/mol. The van der Waals surface area contributed by atoms with Crippen molar-refractivity contribution >= 4 is 0 Å². The van der Waals surface area contributed by atoms with Gasteiger partial charge in [-0.15, -0.1) is 0 Å². The quantitative estimate of drug-likeness (QED) is 0.480. The van der Waals surface area contributed by atoms with Gasteiger partial charge in [0.05, 0.1) is 6.10 Å². The first-order chi connectivity index (χ1) is 8.26. The Kier molecular flexibility index (Phi) is 7.77. The fourth-order valence-corrected chi connectivity index (χ4v) is 2.57. The van der Waals surface area contributed by atoms with Crippen molar-refractivity contribution in [2.75, 3.05) is 20.3 Å². The summed E-state index contributed by atoms with van der Waals surface area (Å²) in [5.74, 6) is 6.15. The molecule has 0 aromatic rings.